The van der Waals surface area contributed by atoms with E-state index in [9.17, 15) is 4.79 Å². The quantitative estimate of drug-likeness (QED) is 0.709. The number of benzene rings is 1. The average molecular weight is 396 g/mol. The molecule has 0 unspecified atom stereocenters. The van der Waals surface area contributed by atoms with Crippen molar-refractivity contribution in [1.29, 1.82) is 0 Å². The first-order valence-electron chi connectivity index (χ1n) is 9.70. The van der Waals surface area contributed by atoms with Gasteiger partial charge in [-0.15, -0.1) is 0 Å². The van der Waals surface area contributed by atoms with E-state index < -0.39 is 11.6 Å². The largest absolute Gasteiger partial charge is 0.467 e. The molecule has 29 heavy (non-hydrogen) atoms. The second kappa shape index (κ2) is 8.33. The highest BCUT2D eigenvalue weighted by atomic mass is 16.6. The Morgan fingerprint density at radius 2 is 1.83 bits per heavy atom. The van der Waals surface area contributed by atoms with Crippen LogP contribution in [0.3, 0.4) is 0 Å². The van der Waals surface area contributed by atoms with E-state index in [1.54, 1.807) is 20.1 Å². The highest BCUT2D eigenvalue weighted by molar-refractivity contribution is 6.00. The molecule has 6 nitrogen and oxygen atoms in total. The summed E-state index contributed by atoms with van der Waals surface area (Å²) in [5, 5.41) is 0. The molecular formula is C23H28N2O4. The third kappa shape index (κ3) is 4.82. The number of hydrogen-bond donors (Lipinski definition) is 0. The van der Waals surface area contributed by atoms with Gasteiger partial charge in [-0.3, -0.25) is 4.98 Å². The minimum atomic E-state index is -0.585. The van der Waals surface area contributed by atoms with Crippen LogP contribution in [0.5, 0.6) is 0 Å². The molecule has 154 valence electrons. The molecule has 6 heteroatoms. The van der Waals surface area contributed by atoms with Crippen molar-refractivity contribution < 1.29 is 19.0 Å². The standard InChI is InChI=1S/C23H28N2O4/c1-14-17(12-18(15(2)24-14)22(26)29-23(3,4)5)21-25-19(13-27-6)20(28-21)16-10-8-7-9-11-16/h7-12,19-20H,13H2,1-6H3/t19-,20-/m0/s1. The summed E-state index contributed by atoms with van der Waals surface area (Å²) in [4.78, 5) is 21.9. The van der Waals surface area contributed by atoms with Crippen molar-refractivity contribution >= 4 is 11.9 Å². The molecule has 0 radical (unpaired) electrons. The molecule has 0 spiro atoms. The van der Waals surface area contributed by atoms with Crippen molar-refractivity contribution in [1.82, 2.24) is 4.98 Å². The summed E-state index contributed by atoms with van der Waals surface area (Å²) in [6.07, 6.45) is -0.253. The zero-order valence-corrected chi connectivity index (χ0v) is 17.9. The van der Waals surface area contributed by atoms with Gasteiger partial charge in [-0.2, -0.15) is 0 Å². The number of aryl methyl sites for hydroxylation is 2. The monoisotopic (exact) mass is 396 g/mol. The van der Waals surface area contributed by atoms with Crippen LogP contribution in [0.4, 0.5) is 0 Å². The van der Waals surface area contributed by atoms with Crippen LogP contribution < -0.4 is 0 Å². The topological polar surface area (TPSA) is 70.0 Å². The predicted octanol–water partition coefficient (Wildman–Crippen LogP) is 4.19. The maximum absolute atomic E-state index is 12.6. The summed E-state index contributed by atoms with van der Waals surface area (Å²) < 4.78 is 17.1. The first-order chi connectivity index (χ1) is 13.7. The summed E-state index contributed by atoms with van der Waals surface area (Å²) in [6, 6.07) is 11.5. The minimum Gasteiger partial charge on any atom is -0.467 e. The Labute approximate surface area is 171 Å². The molecule has 0 aliphatic carbocycles. The molecule has 0 bridgehead atoms. The van der Waals surface area contributed by atoms with Crippen molar-refractivity contribution in [3.63, 3.8) is 0 Å². The highest BCUT2D eigenvalue weighted by Crippen LogP contribution is 2.32. The van der Waals surface area contributed by atoms with Gasteiger partial charge in [0.15, 0.2) is 6.10 Å². The van der Waals surface area contributed by atoms with Crippen LogP contribution in [0.25, 0.3) is 0 Å². The van der Waals surface area contributed by atoms with Gasteiger partial charge in [0, 0.05) is 7.11 Å². The van der Waals surface area contributed by atoms with E-state index in [1.165, 1.54) is 0 Å². The highest BCUT2D eigenvalue weighted by Gasteiger charge is 2.34. The molecule has 0 saturated heterocycles. The number of carbonyl (C=O) groups is 1. The lowest BCUT2D eigenvalue weighted by atomic mass is 10.0. The number of rotatable bonds is 5. The van der Waals surface area contributed by atoms with Gasteiger partial charge in [0.2, 0.25) is 5.90 Å². The van der Waals surface area contributed by atoms with Gasteiger partial charge in [-0.25, -0.2) is 9.79 Å². The summed E-state index contributed by atoms with van der Waals surface area (Å²) in [6.45, 7) is 9.63. The number of esters is 1. The lowest BCUT2D eigenvalue weighted by molar-refractivity contribution is 0.00682. The molecule has 1 aromatic heterocycles. The Bertz CT molecular complexity index is 916. The number of ether oxygens (including phenoxy) is 3. The number of aromatic nitrogens is 1. The number of carbonyl (C=O) groups excluding carboxylic acids is 1. The zero-order chi connectivity index (χ0) is 21.2. The molecule has 2 atom stereocenters. The molecule has 2 aromatic rings. The molecular weight excluding hydrogens is 368 g/mol. The first kappa shape index (κ1) is 21.0. The molecule has 0 fully saturated rings. The van der Waals surface area contributed by atoms with Crippen LogP contribution >= 0.6 is 0 Å². The summed E-state index contributed by atoms with van der Waals surface area (Å²) >= 11 is 0. The Balaban J connectivity index is 1.96. The molecule has 0 amide bonds. The van der Waals surface area contributed by atoms with Crippen molar-refractivity contribution in [2.24, 2.45) is 4.99 Å². The normalized spacial score (nSPS) is 18.9. The van der Waals surface area contributed by atoms with Crippen molar-refractivity contribution in [3.8, 4) is 0 Å². The fraction of sp³-hybridized carbons (Fsp3) is 0.435. The maximum Gasteiger partial charge on any atom is 0.340 e. The summed E-state index contributed by atoms with van der Waals surface area (Å²) in [7, 11) is 1.65. The Morgan fingerprint density at radius 1 is 1.14 bits per heavy atom. The van der Waals surface area contributed by atoms with Crippen LogP contribution in [-0.2, 0) is 14.2 Å². The van der Waals surface area contributed by atoms with Crippen LogP contribution in [-0.4, -0.2) is 42.2 Å². The molecule has 0 N–H and O–H groups in total. The average Bonchev–Trinajstić information content (AvgIpc) is 3.05. The smallest absolute Gasteiger partial charge is 0.340 e. The van der Waals surface area contributed by atoms with Gasteiger partial charge in [0.05, 0.1) is 29.1 Å². The van der Waals surface area contributed by atoms with Crippen molar-refractivity contribution in [2.75, 3.05) is 13.7 Å². The fourth-order valence-corrected chi connectivity index (χ4v) is 3.29. The summed E-state index contributed by atoms with van der Waals surface area (Å²) in [5.74, 6) is 0.0612. The first-order valence-corrected chi connectivity index (χ1v) is 9.70. The van der Waals surface area contributed by atoms with Crippen LogP contribution in [0.15, 0.2) is 41.4 Å². The Kier molecular flexibility index (Phi) is 6.03. The number of aliphatic imine (C=N–C) groups is 1. The van der Waals surface area contributed by atoms with E-state index in [1.807, 2.05) is 58.0 Å². The molecule has 1 aliphatic heterocycles. The van der Waals surface area contributed by atoms with E-state index in [0.717, 1.165) is 11.3 Å². The van der Waals surface area contributed by atoms with Crippen LogP contribution in [0.1, 0.15) is 59.7 Å². The van der Waals surface area contributed by atoms with E-state index in [-0.39, 0.29) is 12.1 Å². The zero-order valence-electron chi connectivity index (χ0n) is 17.9. The second-order valence-corrected chi connectivity index (χ2v) is 8.16. The minimum absolute atomic E-state index is 0.178. The molecule has 1 aliphatic rings. The Hall–Kier alpha value is -2.73. The van der Waals surface area contributed by atoms with Crippen molar-refractivity contribution in [2.45, 2.75) is 52.4 Å². The SMILES string of the molecule is COC[C@@H]1N=C(c2cc(C(=O)OC(C)(C)C)c(C)nc2C)O[C@H]1c1ccccc1. The molecule has 0 saturated carbocycles. The van der Waals surface area contributed by atoms with E-state index in [4.69, 9.17) is 19.2 Å². The third-order valence-electron chi connectivity index (χ3n) is 4.59. The number of hydrogen-bond acceptors (Lipinski definition) is 6. The molecule has 1 aromatic carbocycles. The van der Waals surface area contributed by atoms with Crippen molar-refractivity contribution in [3.05, 3.63) is 64.5 Å². The van der Waals surface area contributed by atoms with Gasteiger partial charge < -0.3 is 14.2 Å². The lowest BCUT2D eigenvalue weighted by Crippen LogP contribution is -2.25. The van der Waals surface area contributed by atoms with E-state index in [0.29, 0.717) is 29.3 Å². The lowest BCUT2D eigenvalue weighted by Gasteiger charge is -2.21. The summed E-state index contributed by atoms with van der Waals surface area (Å²) in [5.41, 5.74) is 2.91. The maximum atomic E-state index is 12.6. The number of pyridine rings is 1. The fourth-order valence-electron chi connectivity index (χ4n) is 3.29. The van der Waals surface area contributed by atoms with E-state index >= 15 is 0 Å². The number of nitrogens with zero attached hydrogens (tertiary/aromatic N) is 2. The Morgan fingerprint density at radius 3 is 2.45 bits per heavy atom. The van der Waals surface area contributed by atoms with E-state index in [2.05, 4.69) is 4.98 Å². The second-order valence-electron chi connectivity index (χ2n) is 8.16. The predicted molar refractivity (Wildman–Crippen MR) is 111 cm³/mol. The van der Waals surface area contributed by atoms with Gasteiger partial charge in [-0.05, 0) is 46.2 Å². The molecule has 3 rings (SSSR count). The van der Waals surface area contributed by atoms with Crippen LogP contribution in [0.2, 0.25) is 0 Å². The molecule has 2 heterocycles. The van der Waals surface area contributed by atoms with Gasteiger partial charge >= 0.3 is 5.97 Å². The van der Waals surface area contributed by atoms with Gasteiger partial charge in [0.1, 0.15) is 11.6 Å². The van der Waals surface area contributed by atoms with Gasteiger partial charge in [0.25, 0.3) is 0 Å². The van der Waals surface area contributed by atoms with Gasteiger partial charge in [-0.1, -0.05) is 30.3 Å². The third-order valence-corrected chi connectivity index (χ3v) is 4.59. The number of methoxy groups -OCH3 is 1. The van der Waals surface area contributed by atoms with Crippen LogP contribution in [0, 0.1) is 13.8 Å².